The minimum absolute atomic E-state index is 0.142. The Morgan fingerprint density at radius 2 is 1.88 bits per heavy atom. The molecule has 0 aromatic carbocycles. The van der Waals surface area contributed by atoms with E-state index in [9.17, 15) is 24.3 Å². The van der Waals surface area contributed by atoms with Gasteiger partial charge in [0.05, 0.1) is 6.54 Å². The van der Waals surface area contributed by atoms with E-state index in [1.807, 2.05) is 13.8 Å². The zero-order valence-corrected chi connectivity index (χ0v) is 14.9. The molecule has 1 rings (SSSR count). The van der Waals surface area contributed by atoms with Gasteiger partial charge in [-0.25, -0.2) is 4.79 Å². The monoisotopic (exact) mass is 356 g/mol. The summed E-state index contributed by atoms with van der Waals surface area (Å²) in [6, 6.07) is -2.53. The average molecular weight is 356 g/mol. The number of nitrogens with zero attached hydrogens (tertiary/aromatic N) is 1. The van der Waals surface area contributed by atoms with Crippen LogP contribution < -0.4 is 16.4 Å². The second-order valence-electron chi connectivity index (χ2n) is 6.39. The fraction of sp³-hybridized carbons (Fsp3) is 0.750. The molecule has 142 valence electrons. The highest BCUT2D eigenvalue weighted by Crippen LogP contribution is 2.18. The van der Waals surface area contributed by atoms with Crippen LogP contribution in [0.4, 0.5) is 0 Å². The molecule has 5 N–H and O–H groups in total. The van der Waals surface area contributed by atoms with Crippen molar-refractivity contribution in [3.05, 3.63) is 0 Å². The Balaban J connectivity index is 2.76. The Labute approximate surface area is 147 Å². The molecule has 1 aliphatic heterocycles. The van der Waals surface area contributed by atoms with Crippen LogP contribution in [0.5, 0.6) is 0 Å². The van der Waals surface area contributed by atoms with Gasteiger partial charge in [0, 0.05) is 6.54 Å². The van der Waals surface area contributed by atoms with Gasteiger partial charge in [0.25, 0.3) is 0 Å². The van der Waals surface area contributed by atoms with E-state index in [-0.39, 0.29) is 12.5 Å². The normalized spacial score (nSPS) is 20.5. The first kappa shape index (κ1) is 20.9. The van der Waals surface area contributed by atoms with E-state index in [4.69, 9.17) is 5.73 Å². The van der Waals surface area contributed by atoms with Gasteiger partial charge in [-0.2, -0.15) is 0 Å². The SMILES string of the molecule is CCC(C)C(NC(=O)CN)C(=O)NC(C)C(=O)N1CCCC1C(=O)O. The average Bonchev–Trinajstić information content (AvgIpc) is 3.07. The smallest absolute Gasteiger partial charge is 0.326 e. The van der Waals surface area contributed by atoms with Gasteiger partial charge in [-0.05, 0) is 25.7 Å². The fourth-order valence-corrected chi connectivity index (χ4v) is 2.84. The van der Waals surface area contributed by atoms with E-state index in [0.717, 1.165) is 0 Å². The second-order valence-corrected chi connectivity index (χ2v) is 6.39. The molecule has 0 bridgehead atoms. The highest BCUT2D eigenvalue weighted by Gasteiger charge is 2.37. The topological polar surface area (TPSA) is 142 Å². The third-order valence-corrected chi connectivity index (χ3v) is 4.55. The largest absolute Gasteiger partial charge is 0.480 e. The van der Waals surface area contributed by atoms with E-state index < -0.39 is 41.8 Å². The van der Waals surface area contributed by atoms with Crippen LogP contribution in [0.2, 0.25) is 0 Å². The summed E-state index contributed by atoms with van der Waals surface area (Å²) in [6.07, 6.45) is 1.67. The molecule has 1 heterocycles. The predicted octanol–water partition coefficient (Wildman–Crippen LogP) is -0.944. The maximum absolute atomic E-state index is 12.5. The van der Waals surface area contributed by atoms with E-state index in [0.29, 0.717) is 25.8 Å². The van der Waals surface area contributed by atoms with Gasteiger partial charge in [0.2, 0.25) is 17.7 Å². The predicted molar refractivity (Wildman–Crippen MR) is 90.4 cm³/mol. The van der Waals surface area contributed by atoms with Crippen LogP contribution >= 0.6 is 0 Å². The third-order valence-electron chi connectivity index (χ3n) is 4.55. The summed E-state index contributed by atoms with van der Waals surface area (Å²) >= 11 is 0. The number of carboxylic acids is 1. The first-order valence-corrected chi connectivity index (χ1v) is 8.55. The standard InChI is InChI=1S/C16H28N4O5/c1-4-9(2)13(19-12(21)8-17)14(22)18-10(3)15(23)20-7-5-6-11(20)16(24)25/h9-11,13H,4-8,17H2,1-3H3,(H,18,22)(H,19,21)(H,24,25). The highest BCUT2D eigenvalue weighted by molar-refractivity contribution is 5.93. The molecule has 9 nitrogen and oxygen atoms in total. The molecule has 0 aliphatic carbocycles. The van der Waals surface area contributed by atoms with Crippen LogP contribution in [-0.4, -0.2) is 64.9 Å². The third kappa shape index (κ3) is 5.42. The molecule has 0 radical (unpaired) electrons. The van der Waals surface area contributed by atoms with Crippen molar-refractivity contribution in [1.29, 1.82) is 0 Å². The van der Waals surface area contributed by atoms with Crippen molar-refractivity contribution in [2.75, 3.05) is 13.1 Å². The Bertz CT molecular complexity index is 525. The molecular weight excluding hydrogens is 328 g/mol. The molecule has 0 saturated carbocycles. The summed E-state index contributed by atoms with van der Waals surface area (Å²) in [6.45, 7) is 5.33. The molecule has 0 aromatic rings. The Morgan fingerprint density at radius 3 is 2.40 bits per heavy atom. The van der Waals surface area contributed by atoms with Crippen molar-refractivity contribution in [1.82, 2.24) is 15.5 Å². The zero-order chi connectivity index (χ0) is 19.1. The second kappa shape index (κ2) is 9.36. The number of hydrogen-bond donors (Lipinski definition) is 4. The Hall–Kier alpha value is -2.16. The van der Waals surface area contributed by atoms with Crippen molar-refractivity contribution in [2.24, 2.45) is 11.7 Å². The summed E-state index contributed by atoms with van der Waals surface area (Å²) < 4.78 is 0. The van der Waals surface area contributed by atoms with E-state index in [2.05, 4.69) is 10.6 Å². The van der Waals surface area contributed by atoms with E-state index in [1.165, 1.54) is 11.8 Å². The maximum atomic E-state index is 12.5. The summed E-state index contributed by atoms with van der Waals surface area (Å²) in [5.74, 6) is -2.56. The lowest BCUT2D eigenvalue weighted by Crippen LogP contribution is -2.56. The minimum Gasteiger partial charge on any atom is -0.480 e. The van der Waals surface area contributed by atoms with Crippen LogP contribution in [0.25, 0.3) is 0 Å². The number of carbonyl (C=O) groups is 4. The molecule has 0 aromatic heterocycles. The maximum Gasteiger partial charge on any atom is 0.326 e. The Kier molecular flexibility index (Phi) is 7.82. The molecule has 3 amide bonds. The van der Waals surface area contributed by atoms with Gasteiger partial charge in [0.15, 0.2) is 0 Å². The number of amides is 3. The van der Waals surface area contributed by atoms with Crippen LogP contribution in [-0.2, 0) is 19.2 Å². The van der Waals surface area contributed by atoms with Gasteiger partial charge >= 0.3 is 5.97 Å². The number of carbonyl (C=O) groups excluding carboxylic acids is 3. The van der Waals surface area contributed by atoms with Crippen LogP contribution in [0, 0.1) is 5.92 Å². The number of hydrogen-bond acceptors (Lipinski definition) is 5. The highest BCUT2D eigenvalue weighted by atomic mass is 16.4. The van der Waals surface area contributed by atoms with Crippen molar-refractivity contribution in [3.8, 4) is 0 Å². The van der Waals surface area contributed by atoms with Gasteiger partial charge < -0.3 is 26.4 Å². The molecular formula is C16H28N4O5. The van der Waals surface area contributed by atoms with Gasteiger partial charge in [-0.1, -0.05) is 20.3 Å². The molecule has 25 heavy (non-hydrogen) atoms. The van der Waals surface area contributed by atoms with Gasteiger partial charge in [-0.3, -0.25) is 14.4 Å². The van der Waals surface area contributed by atoms with E-state index >= 15 is 0 Å². The minimum atomic E-state index is -1.04. The summed E-state index contributed by atoms with van der Waals surface area (Å²) in [4.78, 5) is 49.0. The van der Waals surface area contributed by atoms with Crippen LogP contribution in [0.3, 0.4) is 0 Å². The molecule has 1 fully saturated rings. The molecule has 4 unspecified atom stereocenters. The van der Waals surface area contributed by atoms with Crippen molar-refractivity contribution in [2.45, 2.75) is 58.2 Å². The van der Waals surface area contributed by atoms with Gasteiger partial charge in [0.1, 0.15) is 18.1 Å². The lowest BCUT2D eigenvalue weighted by Gasteiger charge is -2.28. The van der Waals surface area contributed by atoms with Crippen molar-refractivity contribution >= 4 is 23.7 Å². The number of aliphatic carboxylic acids is 1. The molecule has 9 heteroatoms. The lowest BCUT2D eigenvalue weighted by molar-refractivity contribution is -0.149. The fourth-order valence-electron chi connectivity index (χ4n) is 2.84. The summed E-state index contributed by atoms with van der Waals surface area (Å²) in [7, 11) is 0. The first-order valence-electron chi connectivity index (χ1n) is 8.55. The van der Waals surface area contributed by atoms with Crippen molar-refractivity contribution < 1.29 is 24.3 Å². The van der Waals surface area contributed by atoms with E-state index in [1.54, 1.807) is 0 Å². The number of nitrogens with one attached hydrogen (secondary N) is 2. The number of carboxylic acid groups (broad SMARTS) is 1. The lowest BCUT2D eigenvalue weighted by atomic mass is 9.98. The molecule has 4 atom stereocenters. The van der Waals surface area contributed by atoms with Gasteiger partial charge in [-0.15, -0.1) is 0 Å². The first-order chi connectivity index (χ1) is 11.7. The van der Waals surface area contributed by atoms with Crippen LogP contribution in [0.1, 0.15) is 40.0 Å². The molecule has 1 aliphatic rings. The van der Waals surface area contributed by atoms with Crippen LogP contribution in [0.15, 0.2) is 0 Å². The number of likely N-dealkylation sites (tertiary alicyclic amines) is 1. The molecule has 1 saturated heterocycles. The summed E-state index contributed by atoms with van der Waals surface area (Å²) in [5, 5.41) is 14.3. The van der Waals surface area contributed by atoms with Crippen molar-refractivity contribution in [3.63, 3.8) is 0 Å². The summed E-state index contributed by atoms with van der Waals surface area (Å²) in [5.41, 5.74) is 5.28. The molecule has 0 spiro atoms. The zero-order valence-electron chi connectivity index (χ0n) is 14.9. The quantitative estimate of drug-likeness (QED) is 0.442. The number of nitrogens with two attached hydrogens (primary N) is 1. The Morgan fingerprint density at radius 1 is 1.24 bits per heavy atom. The number of rotatable bonds is 8.